The quantitative estimate of drug-likeness (QED) is 0.150. The van der Waals surface area contributed by atoms with Crippen LogP contribution in [0, 0.1) is 0 Å². The van der Waals surface area contributed by atoms with Gasteiger partial charge in [-0.15, -0.1) is 0 Å². The second-order valence-corrected chi connectivity index (χ2v) is 11.6. The number of benzene rings is 2. The van der Waals surface area contributed by atoms with Gasteiger partial charge < -0.3 is 40.3 Å². The minimum absolute atomic E-state index is 0.102. The summed E-state index contributed by atoms with van der Waals surface area (Å²) < 4.78 is 12.4. The van der Waals surface area contributed by atoms with Gasteiger partial charge in [0.2, 0.25) is 0 Å². The molecule has 38 heavy (non-hydrogen) atoms. The van der Waals surface area contributed by atoms with Gasteiger partial charge in [-0.2, -0.15) is 0 Å². The van der Waals surface area contributed by atoms with Gasteiger partial charge in [-0.1, -0.05) is 17.7 Å². The number of aromatic hydroxyl groups is 3. The summed E-state index contributed by atoms with van der Waals surface area (Å²) >= 11 is 0. The van der Waals surface area contributed by atoms with E-state index in [1.807, 2.05) is 6.92 Å². The van der Waals surface area contributed by atoms with Crippen molar-refractivity contribution in [3.8, 4) is 17.2 Å². The molecule has 202 valence electrons. The largest absolute Gasteiger partial charge is 0.508 e. The number of epoxide rings is 1. The molecule has 3 saturated heterocycles. The lowest BCUT2D eigenvalue weighted by molar-refractivity contribution is -0.204. The number of fused-ring (bicyclic) bond motifs is 2. The molecule has 0 saturated carbocycles. The lowest BCUT2D eigenvalue weighted by Crippen LogP contribution is -2.49. The molecule has 1 amide bonds. The first-order valence-corrected chi connectivity index (χ1v) is 13.3. The second kappa shape index (κ2) is 8.90. The van der Waals surface area contributed by atoms with Crippen molar-refractivity contribution in [2.75, 3.05) is 23.3 Å². The molecule has 2 aromatic rings. The van der Waals surface area contributed by atoms with Crippen molar-refractivity contribution in [3.05, 3.63) is 47.5 Å². The Labute approximate surface area is 222 Å². The van der Waals surface area contributed by atoms with Crippen LogP contribution in [0.4, 0.5) is 17.1 Å². The first kappa shape index (κ1) is 25.0. The molecular formula is C29H35N3O6. The lowest BCUT2D eigenvalue weighted by Gasteiger charge is -2.46. The molecule has 9 nitrogen and oxygen atoms in total. The number of anilines is 3. The molecule has 3 fully saturated rings. The maximum absolute atomic E-state index is 13.6. The maximum Gasteiger partial charge on any atom is 0.260 e. The summed E-state index contributed by atoms with van der Waals surface area (Å²) in [4.78, 5) is 15.1. The third-order valence-electron chi connectivity index (χ3n) is 8.37. The molecule has 2 aromatic carbocycles. The highest BCUT2D eigenvalue weighted by Gasteiger charge is 2.57. The highest BCUT2D eigenvalue weighted by atomic mass is 16.6. The fourth-order valence-corrected chi connectivity index (χ4v) is 5.95. The Balaban J connectivity index is 1.13. The van der Waals surface area contributed by atoms with Crippen LogP contribution >= 0.6 is 0 Å². The molecule has 0 spiro atoms. The predicted octanol–water partition coefficient (Wildman–Crippen LogP) is 4.30. The van der Waals surface area contributed by atoms with E-state index in [9.17, 15) is 20.1 Å². The van der Waals surface area contributed by atoms with Crippen LogP contribution in [-0.4, -0.2) is 63.8 Å². The van der Waals surface area contributed by atoms with Crippen molar-refractivity contribution >= 4 is 23.0 Å². The van der Waals surface area contributed by atoms with Crippen LogP contribution in [0.3, 0.4) is 0 Å². The molecule has 0 radical (unpaired) electrons. The van der Waals surface area contributed by atoms with E-state index in [2.05, 4.69) is 30.6 Å². The molecule has 5 N–H and O–H groups in total. The minimum atomic E-state index is -0.444. The standard InChI is InChI=1S/C29H35N3O6/c1-16(20-14-30-20)6-5-9-28(2)12-18(37-28)13-29(3)24(38-29)15-32-21-10-17(33)11-23(35)26(21)31-25-19(27(32)36)7-4-8-22(25)34/h4,6-8,10-11,18,20,24,30-31,33-35H,5,9,12-15H2,1-3H3/b16-6-. The highest BCUT2D eigenvalue weighted by Crippen LogP contribution is 2.50. The molecule has 5 atom stereocenters. The molecule has 0 bridgehead atoms. The van der Waals surface area contributed by atoms with Gasteiger partial charge in [0.1, 0.15) is 29.0 Å². The Morgan fingerprint density at radius 3 is 2.66 bits per heavy atom. The number of phenols is 3. The number of phenolic OH excluding ortho intramolecular Hbond substituents is 3. The van der Waals surface area contributed by atoms with Crippen LogP contribution in [0.1, 0.15) is 56.8 Å². The van der Waals surface area contributed by atoms with Gasteiger partial charge in [0, 0.05) is 37.6 Å². The van der Waals surface area contributed by atoms with Crippen molar-refractivity contribution in [2.45, 2.75) is 75.9 Å². The third kappa shape index (κ3) is 4.59. The zero-order chi connectivity index (χ0) is 26.8. The number of allylic oxidation sites excluding steroid dienone is 1. The number of carbonyl (C=O) groups excluding carboxylic acids is 1. The van der Waals surface area contributed by atoms with E-state index in [1.54, 1.807) is 12.1 Å². The Bertz CT molecular complexity index is 1320. The monoisotopic (exact) mass is 521 g/mol. The summed E-state index contributed by atoms with van der Waals surface area (Å²) in [5.41, 5.74) is 1.87. The SMILES string of the molecule is C/C(=C/CCC1(C)CC(CC2(C)OC2CN2C(=O)c3cccc(O)c3Nc3c(O)cc(O)cc32)O1)C1CN1. The Morgan fingerprint density at radius 2 is 1.92 bits per heavy atom. The van der Waals surface area contributed by atoms with Crippen molar-refractivity contribution < 1.29 is 29.6 Å². The Kier molecular flexibility index (Phi) is 5.86. The van der Waals surface area contributed by atoms with E-state index in [0.717, 1.165) is 32.2 Å². The molecule has 5 unspecified atom stereocenters. The van der Waals surface area contributed by atoms with E-state index in [0.29, 0.717) is 11.7 Å². The van der Waals surface area contributed by atoms with Crippen LogP contribution in [-0.2, 0) is 9.47 Å². The van der Waals surface area contributed by atoms with Crippen molar-refractivity contribution in [3.63, 3.8) is 0 Å². The number of ether oxygens (including phenoxy) is 2. The average molecular weight is 522 g/mol. The number of nitrogens with zero attached hydrogens (tertiary/aromatic N) is 1. The van der Waals surface area contributed by atoms with E-state index in [-0.39, 0.29) is 64.4 Å². The number of carbonyl (C=O) groups is 1. The predicted molar refractivity (Wildman–Crippen MR) is 143 cm³/mol. The van der Waals surface area contributed by atoms with Gasteiger partial charge in [-0.25, -0.2) is 0 Å². The number of para-hydroxylation sites is 1. The molecule has 4 aliphatic rings. The zero-order valence-corrected chi connectivity index (χ0v) is 22.0. The van der Waals surface area contributed by atoms with Crippen molar-refractivity contribution in [2.24, 2.45) is 0 Å². The van der Waals surface area contributed by atoms with Gasteiger partial charge in [0.25, 0.3) is 5.91 Å². The smallest absolute Gasteiger partial charge is 0.260 e. The van der Waals surface area contributed by atoms with E-state index < -0.39 is 5.60 Å². The topological polar surface area (TPSA) is 137 Å². The van der Waals surface area contributed by atoms with E-state index >= 15 is 0 Å². The maximum atomic E-state index is 13.6. The van der Waals surface area contributed by atoms with Crippen LogP contribution in [0.2, 0.25) is 0 Å². The fourth-order valence-electron chi connectivity index (χ4n) is 5.95. The van der Waals surface area contributed by atoms with Crippen molar-refractivity contribution in [1.29, 1.82) is 0 Å². The van der Waals surface area contributed by atoms with E-state index in [4.69, 9.17) is 9.47 Å². The van der Waals surface area contributed by atoms with Crippen LogP contribution < -0.4 is 15.5 Å². The third-order valence-corrected chi connectivity index (χ3v) is 8.37. The number of rotatable bonds is 8. The normalized spacial score (nSPS) is 31.6. The summed E-state index contributed by atoms with van der Waals surface area (Å²) in [5, 5.41) is 37.5. The van der Waals surface area contributed by atoms with Gasteiger partial charge in [0.15, 0.2) is 0 Å². The second-order valence-electron chi connectivity index (χ2n) is 11.6. The fraction of sp³-hybridized carbons (Fsp3) is 0.483. The zero-order valence-electron chi connectivity index (χ0n) is 22.0. The van der Waals surface area contributed by atoms with Crippen LogP contribution in [0.15, 0.2) is 42.0 Å². The van der Waals surface area contributed by atoms with Crippen LogP contribution in [0.25, 0.3) is 0 Å². The lowest BCUT2D eigenvalue weighted by atomic mass is 9.82. The molecule has 6 rings (SSSR count). The van der Waals surface area contributed by atoms with E-state index in [1.165, 1.54) is 28.7 Å². The Hall–Kier alpha value is -3.27. The first-order valence-electron chi connectivity index (χ1n) is 13.3. The molecule has 4 heterocycles. The molecule has 0 aliphatic carbocycles. The number of nitrogens with one attached hydrogen (secondary N) is 2. The molecular weight excluding hydrogens is 486 g/mol. The summed E-state index contributed by atoms with van der Waals surface area (Å²) in [6.45, 7) is 7.69. The van der Waals surface area contributed by atoms with Crippen molar-refractivity contribution in [1.82, 2.24) is 5.32 Å². The van der Waals surface area contributed by atoms with Gasteiger partial charge in [-0.3, -0.25) is 4.79 Å². The number of hydrogen-bond donors (Lipinski definition) is 5. The average Bonchev–Trinajstić information content (AvgIpc) is 3.75. The summed E-state index contributed by atoms with van der Waals surface area (Å²) in [5.74, 6) is -0.865. The molecule has 4 aliphatic heterocycles. The Morgan fingerprint density at radius 1 is 1.16 bits per heavy atom. The minimum Gasteiger partial charge on any atom is -0.508 e. The van der Waals surface area contributed by atoms with Gasteiger partial charge in [0.05, 0.1) is 40.8 Å². The van der Waals surface area contributed by atoms with Gasteiger partial charge >= 0.3 is 0 Å². The number of hydrogen-bond acceptors (Lipinski definition) is 8. The number of amides is 1. The first-order chi connectivity index (χ1) is 18.1. The highest BCUT2D eigenvalue weighted by molar-refractivity contribution is 6.15. The molecule has 0 aromatic heterocycles. The van der Waals surface area contributed by atoms with Gasteiger partial charge in [-0.05, 0) is 45.7 Å². The molecule has 9 heteroatoms. The summed E-state index contributed by atoms with van der Waals surface area (Å²) in [6.07, 6.45) is 5.86. The van der Waals surface area contributed by atoms with Crippen LogP contribution in [0.5, 0.6) is 17.2 Å². The summed E-state index contributed by atoms with van der Waals surface area (Å²) in [6, 6.07) is 7.88. The summed E-state index contributed by atoms with van der Waals surface area (Å²) in [7, 11) is 0.